The molecule has 0 atom stereocenters. The Morgan fingerprint density at radius 1 is 1.54 bits per heavy atom. The number of aromatic amines is 1. The number of carbonyl (C=O) groups excluding carboxylic acids is 1. The summed E-state index contributed by atoms with van der Waals surface area (Å²) in [7, 11) is 0. The number of benzene rings is 1. The number of primary amides is 1. The zero-order chi connectivity index (χ0) is 9.42. The van der Waals surface area contributed by atoms with Gasteiger partial charge in [-0.15, -0.1) is 0 Å². The molecule has 0 unspecified atom stereocenters. The quantitative estimate of drug-likeness (QED) is 0.775. The van der Waals surface area contributed by atoms with E-state index in [0.717, 1.165) is 9.09 Å². The SMILES string of the molecule is NC(=O)c1ccc(I)c2nc[nH]c12. The van der Waals surface area contributed by atoms with Gasteiger partial charge in [0.05, 0.1) is 17.4 Å². The van der Waals surface area contributed by atoms with Gasteiger partial charge in [-0.3, -0.25) is 4.79 Å². The van der Waals surface area contributed by atoms with Crippen LogP contribution >= 0.6 is 22.6 Å². The van der Waals surface area contributed by atoms with Crippen LogP contribution in [-0.4, -0.2) is 15.9 Å². The van der Waals surface area contributed by atoms with Crippen molar-refractivity contribution >= 4 is 39.5 Å². The van der Waals surface area contributed by atoms with Gasteiger partial charge in [-0.05, 0) is 34.7 Å². The average Bonchev–Trinajstić information content (AvgIpc) is 2.53. The maximum atomic E-state index is 11.0. The monoisotopic (exact) mass is 287 g/mol. The first-order valence-electron chi connectivity index (χ1n) is 3.61. The van der Waals surface area contributed by atoms with E-state index < -0.39 is 5.91 Å². The maximum Gasteiger partial charge on any atom is 0.250 e. The molecule has 66 valence electrons. The number of imidazole rings is 1. The predicted molar refractivity (Wildman–Crippen MR) is 57.3 cm³/mol. The van der Waals surface area contributed by atoms with E-state index in [0.29, 0.717) is 11.1 Å². The largest absolute Gasteiger partial charge is 0.366 e. The Kier molecular flexibility index (Phi) is 1.95. The molecule has 0 saturated carbocycles. The van der Waals surface area contributed by atoms with Crippen LogP contribution in [0.5, 0.6) is 0 Å². The Morgan fingerprint density at radius 2 is 2.31 bits per heavy atom. The first kappa shape index (κ1) is 8.49. The van der Waals surface area contributed by atoms with Crippen molar-refractivity contribution in [1.29, 1.82) is 0 Å². The summed E-state index contributed by atoms with van der Waals surface area (Å²) in [5.41, 5.74) is 7.18. The van der Waals surface area contributed by atoms with Crippen LogP contribution in [0.4, 0.5) is 0 Å². The van der Waals surface area contributed by atoms with E-state index in [2.05, 4.69) is 32.6 Å². The standard InChI is InChI=1S/C8H6IN3O/c9-5-2-1-4(8(10)13)6-7(5)12-3-11-6/h1-3H,(H2,10,13)(H,11,12). The summed E-state index contributed by atoms with van der Waals surface area (Å²) < 4.78 is 0.999. The Hall–Kier alpha value is -1.11. The normalized spacial score (nSPS) is 10.5. The average molecular weight is 287 g/mol. The Labute approximate surface area is 87.7 Å². The van der Waals surface area contributed by atoms with E-state index in [9.17, 15) is 4.79 Å². The molecule has 5 heteroatoms. The molecular weight excluding hydrogens is 281 g/mol. The number of hydrogen-bond acceptors (Lipinski definition) is 2. The van der Waals surface area contributed by atoms with Gasteiger partial charge in [0.25, 0.3) is 5.91 Å². The van der Waals surface area contributed by atoms with Crippen LogP contribution in [0, 0.1) is 3.57 Å². The van der Waals surface area contributed by atoms with Crippen molar-refractivity contribution in [2.75, 3.05) is 0 Å². The topological polar surface area (TPSA) is 71.8 Å². The summed E-state index contributed by atoms with van der Waals surface area (Å²) in [6.07, 6.45) is 1.55. The number of amides is 1. The number of nitrogens with two attached hydrogens (primary N) is 1. The van der Waals surface area contributed by atoms with Gasteiger partial charge in [0.2, 0.25) is 0 Å². The molecule has 0 saturated heterocycles. The Balaban J connectivity index is 2.86. The number of nitrogens with zero attached hydrogens (tertiary/aromatic N) is 1. The first-order valence-corrected chi connectivity index (χ1v) is 4.69. The molecule has 2 aromatic rings. The number of halogens is 1. The Morgan fingerprint density at radius 3 is 3.00 bits per heavy atom. The van der Waals surface area contributed by atoms with Crippen molar-refractivity contribution in [3.8, 4) is 0 Å². The maximum absolute atomic E-state index is 11.0. The molecule has 4 nitrogen and oxygen atoms in total. The zero-order valence-electron chi connectivity index (χ0n) is 6.54. The van der Waals surface area contributed by atoms with Crippen LogP contribution in [0.25, 0.3) is 11.0 Å². The molecule has 0 aliphatic carbocycles. The molecule has 1 heterocycles. The highest BCUT2D eigenvalue weighted by Gasteiger charge is 2.09. The lowest BCUT2D eigenvalue weighted by molar-refractivity contribution is 0.100. The molecule has 0 bridgehead atoms. The number of nitrogens with one attached hydrogen (secondary N) is 1. The summed E-state index contributed by atoms with van der Waals surface area (Å²) in [6, 6.07) is 3.52. The summed E-state index contributed by atoms with van der Waals surface area (Å²) in [6.45, 7) is 0. The van der Waals surface area contributed by atoms with Crippen LogP contribution in [0.15, 0.2) is 18.5 Å². The van der Waals surface area contributed by atoms with Gasteiger partial charge in [0.15, 0.2) is 0 Å². The minimum absolute atomic E-state index is 0.439. The highest BCUT2D eigenvalue weighted by Crippen LogP contribution is 2.20. The zero-order valence-corrected chi connectivity index (χ0v) is 8.70. The van der Waals surface area contributed by atoms with Gasteiger partial charge in [-0.1, -0.05) is 0 Å². The number of H-pyrrole nitrogens is 1. The third-order valence-electron chi connectivity index (χ3n) is 1.80. The molecule has 0 fully saturated rings. The first-order chi connectivity index (χ1) is 6.20. The molecule has 0 aliphatic rings. The molecular formula is C8H6IN3O. The van der Waals surface area contributed by atoms with Gasteiger partial charge in [0, 0.05) is 3.57 Å². The molecule has 2 rings (SSSR count). The van der Waals surface area contributed by atoms with Crippen molar-refractivity contribution in [3.05, 3.63) is 27.6 Å². The van der Waals surface area contributed by atoms with Crippen molar-refractivity contribution in [2.45, 2.75) is 0 Å². The van der Waals surface area contributed by atoms with E-state index in [4.69, 9.17) is 5.73 Å². The lowest BCUT2D eigenvalue weighted by Gasteiger charge is -1.98. The number of fused-ring (bicyclic) bond motifs is 1. The fourth-order valence-electron chi connectivity index (χ4n) is 1.20. The second-order valence-corrected chi connectivity index (χ2v) is 3.75. The molecule has 3 N–H and O–H groups in total. The molecule has 0 spiro atoms. The van der Waals surface area contributed by atoms with Gasteiger partial charge in [0.1, 0.15) is 5.52 Å². The van der Waals surface area contributed by atoms with E-state index in [-0.39, 0.29) is 0 Å². The fourth-order valence-corrected chi connectivity index (χ4v) is 1.79. The van der Waals surface area contributed by atoms with Gasteiger partial charge >= 0.3 is 0 Å². The highest BCUT2D eigenvalue weighted by molar-refractivity contribution is 14.1. The van der Waals surface area contributed by atoms with Crippen LogP contribution < -0.4 is 5.73 Å². The fraction of sp³-hybridized carbons (Fsp3) is 0. The third-order valence-corrected chi connectivity index (χ3v) is 2.67. The molecule has 1 amide bonds. The van der Waals surface area contributed by atoms with E-state index >= 15 is 0 Å². The number of hydrogen-bond donors (Lipinski definition) is 2. The second kappa shape index (κ2) is 2.99. The number of carbonyl (C=O) groups is 1. The van der Waals surface area contributed by atoms with Crippen LogP contribution in [0.3, 0.4) is 0 Å². The minimum Gasteiger partial charge on any atom is -0.366 e. The lowest BCUT2D eigenvalue weighted by atomic mass is 10.2. The molecule has 0 aliphatic heterocycles. The molecule has 0 radical (unpaired) electrons. The smallest absolute Gasteiger partial charge is 0.250 e. The molecule has 1 aromatic heterocycles. The van der Waals surface area contributed by atoms with Gasteiger partial charge < -0.3 is 10.7 Å². The predicted octanol–water partition coefficient (Wildman–Crippen LogP) is 1.27. The van der Waals surface area contributed by atoms with Crippen LogP contribution in [-0.2, 0) is 0 Å². The van der Waals surface area contributed by atoms with Gasteiger partial charge in [-0.2, -0.15) is 0 Å². The summed E-state index contributed by atoms with van der Waals surface area (Å²) >= 11 is 2.16. The van der Waals surface area contributed by atoms with Crippen molar-refractivity contribution in [3.63, 3.8) is 0 Å². The third kappa shape index (κ3) is 1.28. The van der Waals surface area contributed by atoms with Crippen LogP contribution in [0.2, 0.25) is 0 Å². The van der Waals surface area contributed by atoms with Gasteiger partial charge in [-0.25, -0.2) is 4.98 Å². The molecule has 1 aromatic carbocycles. The number of rotatable bonds is 1. The summed E-state index contributed by atoms with van der Waals surface area (Å²) in [5, 5.41) is 0. The minimum atomic E-state index is -0.439. The van der Waals surface area contributed by atoms with Crippen molar-refractivity contribution < 1.29 is 4.79 Å². The van der Waals surface area contributed by atoms with E-state index in [1.165, 1.54) is 0 Å². The summed E-state index contributed by atoms with van der Waals surface area (Å²) in [5.74, 6) is -0.439. The summed E-state index contributed by atoms with van der Waals surface area (Å²) in [4.78, 5) is 18.0. The van der Waals surface area contributed by atoms with E-state index in [1.54, 1.807) is 12.4 Å². The molecule has 13 heavy (non-hydrogen) atoms. The van der Waals surface area contributed by atoms with Crippen LogP contribution in [0.1, 0.15) is 10.4 Å². The lowest BCUT2D eigenvalue weighted by Crippen LogP contribution is -2.11. The highest BCUT2D eigenvalue weighted by atomic mass is 127. The Bertz CT molecular complexity index is 477. The van der Waals surface area contributed by atoms with E-state index in [1.807, 2.05) is 6.07 Å². The van der Waals surface area contributed by atoms with Crippen molar-refractivity contribution in [1.82, 2.24) is 9.97 Å². The van der Waals surface area contributed by atoms with Crippen molar-refractivity contribution in [2.24, 2.45) is 5.73 Å². The second-order valence-electron chi connectivity index (χ2n) is 2.59. The number of aromatic nitrogens is 2.